The molecule has 0 fully saturated rings. The van der Waals surface area contributed by atoms with E-state index in [2.05, 4.69) is 53.7 Å². The third kappa shape index (κ3) is 3.23. The first kappa shape index (κ1) is 18.2. The number of hydrogen-bond donors (Lipinski definition) is 1. The summed E-state index contributed by atoms with van der Waals surface area (Å²) in [6, 6.07) is 14.3. The highest BCUT2D eigenvalue weighted by molar-refractivity contribution is 8.17. The zero-order valence-electron chi connectivity index (χ0n) is 15.6. The zero-order chi connectivity index (χ0) is 19.3. The van der Waals surface area contributed by atoms with Gasteiger partial charge in [-0.25, -0.2) is 4.99 Å². The van der Waals surface area contributed by atoms with Crippen LogP contribution < -0.4 is 5.32 Å². The Morgan fingerprint density at radius 2 is 2.11 bits per heavy atom. The fourth-order valence-corrected chi connectivity index (χ4v) is 5.81. The Labute approximate surface area is 178 Å². The summed E-state index contributed by atoms with van der Waals surface area (Å²) in [6.07, 6.45) is 0. The molecule has 0 saturated heterocycles. The number of hydrogen-bond acceptors (Lipinski definition) is 6. The first-order chi connectivity index (χ1) is 13.5. The Hall–Kier alpha value is -1.89. The Balaban J connectivity index is 1.32. The molecule has 5 rings (SSSR count). The van der Waals surface area contributed by atoms with Crippen LogP contribution in [0.5, 0.6) is 0 Å². The van der Waals surface area contributed by atoms with Crippen molar-refractivity contribution in [1.29, 1.82) is 0 Å². The van der Waals surface area contributed by atoms with Gasteiger partial charge in [0, 0.05) is 27.7 Å². The van der Waals surface area contributed by atoms with Crippen molar-refractivity contribution in [1.82, 2.24) is 4.90 Å². The summed E-state index contributed by atoms with van der Waals surface area (Å²) in [5.74, 6) is 0.839. The lowest BCUT2D eigenvalue weighted by Crippen LogP contribution is -2.29. The Morgan fingerprint density at radius 1 is 1.25 bits per heavy atom. The van der Waals surface area contributed by atoms with Gasteiger partial charge in [0.05, 0.1) is 17.8 Å². The van der Waals surface area contributed by atoms with E-state index in [1.165, 1.54) is 11.3 Å². The Kier molecular flexibility index (Phi) is 4.45. The van der Waals surface area contributed by atoms with Gasteiger partial charge in [-0.05, 0) is 49.1 Å². The molecule has 0 saturated carbocycles. The monoisotopic (exact) mass is 426 g/mol. The van der Waals surface area contributed by atoms with Crippen LogP contribution in [0.15, 0.2) is 63.6 Å². The van der Waals surface area contributed by atoms with Crippen molar-refractivity contribution in [2.45, 2.75) is 25.9 Å². The van der Waals surface area contributed by atoms with Crippen molar-refractivity contribution < 1.29 is 0 Å². The second-order valence-electron chi connectivity index (χ2n) is 7.42. The number of nitrogens with one attached hydrogen (secondary N) is 1. The number of fused-ring (bicyclic) bond motifs is 3. The molecule has 7 heteroatoms. The average Bonchev–Trinajstić information content (AvgIpc) is 3.06. The summed E-state index contributed by atoms with van der Waals surface area (Å²) in [4.78, 5) is 12.0. The van der Waals surface area contributed by atoms with Gasteiger partial charge in [-0.3, -0.25) is 4.99 Å². The van der Waals surface area contributed by atoms with Crippen LogP contribution in [-0.2, 0) is 12.1 Å². The van der Waals surface area contributed by atoms with E-state index in [9.17, 15) is 0 Å². The van der Waals surface area contributed by atoms with E-state index < -0.39 is 0 Å². The molecule has 2 aromatic carbocycles. The summed E-state index contributed by atoms with van der Waals surface area (Å²) < 4.78 is 0. The molecule has 2 aromatic rings. The molecular weight excluding hydrogens is 408 g/mol. The molecule has 0 bridgehead atoms. The van der Waals surface area contributed by atoms with Gasteiger partial charge in [-0.15, -0.1) is 0 Å². The minimum Gasteiger partial charge on any atom is -0.335 e. The maximum atomic E-state index is 6.17. The van der Waals surface area contributed by atoms with Crippen molar-refractivity contribution in [3.63, 3.8) is 0 Å². The molecule has 0 spiro atoms. The highest BCUT2D eigenvalue weighted by Crippen LogP contribution is 2.40. The van der Waals surface area contributed by atoms with Gasteiger partial charge in [0.15, 0.2) is 10.3 Å². The SMILES string of the molecule is CC1(C)N=C(SCC2=CSC3=Nc4ccc(Cl)cc4CN23)Nc2ccccc21. The van der Waals surface area contributed by atoms with Gasteiger partial charge < -0.3 is 10.2 Å². The lowest BCUT2D eigenvalue weighted by atomic mass is 9.92. The third-order valence-corrected chi connectivity index (χ3v) is 7.08. The molecule has 0 amide bonds. The molecule has 3 aliphatic heterocycles. The first-order valence-corrected chi connectivity index (χ1v) is 11.3. The number of aliphatic imine (C=N–C) groups is 2. The summed E-state index contributed by atoms with van der Waals surface area (Å²) in [5.41, 5.74) is 5.58. The average molecular weight is 427 g/mol. The topological polar surface area (TPSA) is 40.0 Å². The van der Waals surface area contributed by atoms with E-state index >= 15 is 0 Å². The fraction of sp³-hybridized carbons (Fsp3) is 0.238. The standard InChI is InChI=1S/C21H19ClN4S2/c1-21(2)16-5-3-4-6-18(16)23-19(25-21)27-11-15-12-28-20-24-17-8-7-14(22)9-13(17)10-26(15)20/h3-9,12H,10-11H2,1-2H3,(H,23,25). The molecule has 3 aliphatic rings. The predicted octanol–water partition coefficient (Wildman–Crippen LogP) is 6.18. The number of amidine groups is 2. The van der Waals surface area contributed by atoms with Gasteiger partial charge in [0.2, 0.25) is 0 Å². The van der Waals surface area contributed by atoms with Crippen molar-refractivity contribution in [2.24, 2.45) is 9.98 Å². The van der Waals surface area contributed by atoms with E-state index in [0.29, 0.717) is 0 Å². The third-order valence-electron chi connectivity index (χ3n) is 5.03. The highest BCUT2D eigenvalue weighted by atomic mass is 35.5. The van der Waals surface area contributed by atoms with Gasteiger partial charge in [0.1, 0.15) is 0 Å². The molecule has 0 aromatic heterocycles. The zero-order valence-corrected chi connectivity index (χ0v) is 18.0. The first-order valence-electron chi connectivity index (χ1n) is 9.09. The molecule has 3 heterocycles. The largest absolute Gasteiger partial charge is 0.335 e. The molecule has 1 N–H and O–H groups in total. The highest BCUT2D eigenvalue weighted by Gasteiger charge is 2.30. The molecule has 28 heavy (non-hydrogen) atoms. The lowest BCUT2D eigenvalue weighted by Gasteiger charge is -2.31. The second kappa shape index (κ2) is 6.87. The number of halogens is 1. The Bertz CT molecular complexity index is 1060. The minimum atomic E-state index is -0.226. The normalized spacial score (nSPS) is 19.0. The van der Waals surface area contributed by atoms with Crippen LogP contribution >= 0.6 is 35.1 Å². The van der Waals surface area contributed by atoms with E-state index in [4.69, 9.17) is 21.6 Å². The van der Waals surface area contributed by atoms with Crippen LogP contribution in [0.1, 0.15) is 25.0 Å². The van der Waals surface area contributed by atoms with E-state index in [1.807, 2.05) is 18.2 Å². The van der Waals surface area contributed by atoms with Crippen molar-refractivity contribution in [3.05, 3.63) is 69.7 Å². The predicted molar refractivity (Wildman–Crippen MR) is 123 cm³/mol. The molecule has 0 atom stereocenters. The molecule has 0 unspecified atom stereocenters. The van der Waals surface area contributed by atoms with Crippen LogP contribution in [0.3, 0.4) is 0 Å². The van der Waals surface area contributed by atoms with Crippen molar-refractivity contribution >= 4 is 56.8 Å². The van der Waals surface area contributed by atoms with Crippen LogP contribution in [0.4, 0.5) is 11.4 Å². The summed E-state index contributed by atoms with van der Waals surface area (Å²) in [5, 5.41) is 8.43. The van der Waals surface area contributed by atoms with E-state index in [0.717, 1.165) is 44.6 Å². The number of benzene rings is 2. The second-order valence-corrected chi connectivity index (χ2v) is 9.65. The number of nitrogens with zero attached hydrogens (tertiary/aromatic N) is 3. The molecule has 142 valence electrons. The van der Waals surface area contributed by atoms with Crippen molar-refractivity contribution in [3.8, 4) is 0 Å². The number of anilines is 1. The summed E-state index contributed by atoms with van der Waals surface area (Å²) in [7, 11) is 0. The van der Waals surface area contributed by atoms with Gasteiger partial charge in [-0.2, -0.15) is 0 Å². The smallest absolute Gasteiger partial charge is 0.173 e. The van der Waals surface area contributed by atoms with Crippen LogP contribution in [0, 0.1) is 0 Å². The molecule has 0 radical (unpaired) electrons. The van der Waals surface area contributed by atoms with E-state index in [1.54, 1.807) is 23.5 Å². The van der Waals surface area contributed by atoms with Crippen LogP contribution in [0.2, 0.25) is 5.02 Å². The maximum absolute atomic E-state index is 6.17. The molecular formula is C21H19ClN4S2. The molecule has 0 aliphatic carbocycles. The van der Waals surface area contributed by atoms with Gasteiger partial charge >= 0.3 is 0 Å². The van der Waals surface area contributed by atoms with Crippen LogP contribution in [0.25, 0.3) is 0 Å². The lowest BCUT2D eigenvalue weighted by molar-refractivity contribution is 0.519. The Morgan fingerprint density at radius 3 is 3.00 bits per heavy atom. The number of para-hydroxylation sites is 1. The quantitative estimate of drug-likeness (QED) is 0.622. The van der Waals surface area contributed by atoms with E-state index in [-0.39, 0.29) is 5.54 Å². The fourth-order valence-electron chi connectivity index (χ4n) is 3.60. The summed E-state index contributed by atoms with van der Waals surface area (Å²) in [6.45, 7) is 5.13. The molecule has 4 nitrogen and oxygen atoms in total. The van der Waals surface area contributed by atoms with Crippen molar-refractivity contribution in [2.75, 3.05) is 11.1 Å². The van der Waals surface area contributed by atoms with Gasteiger partial charge in [-0.1, -0.05) is 53.3 Å². The minimum absolute atomic E-state index is 0.226. The van der Waals surface area contributed by atoms with Gasteiger partial charge in [0.25, 0.3) is 0 Å². The number of rotatable bonds is 2. The number of thioether (sulfide) groups is 2. The van der Waals surface area contributed by atoms with Crippen LogP contribution in [-0.4, -0.2) is 21.0 Å². The summed E-state index contributed by atoms with van der Waals surface area (Å²) >= 11 is 9.59. The maximum Gasteiger partial charge on any atom is 0.173 e.